The number of aliphatic imine (C=N–C) groups is 1. The highest BCUT2D eigenvalue weighted by Gasteiger charge is 2.24. The van der Waals surface area contributed by atoms with Gasteiger partial charge in [0.1, 0.15) is 18.4 Å². The minimum atomic E-state index is -0.997. The van der Waals surface area contributed by atoms with E-state index in [-0.39, 0.29) is 5.92 Å². The molecule has 0 bridgehead atoms. The van der Waals surface area contributed by atoms with E-state index in [9.17, 15) is 4.79 Å². The molecule has 1 aliphatic rings. The van der Waals surface area contributed by atoms with Crippen molar-refractivity contribution in [3.8, 4) is 5.75 Å². The molecule has 0 radical (unpaired) electrons. The van der Waals surface area contributed by atoms with Crippen LogP contribution in [0.1, 0.15) is 23.5 Å². The molecule has 1 aliphatic heterocycles. The van der Waals surface area contributed by atoms with Crippen molar-refractivity contribution in [2.45, 2.75) is 25.0 Å². The van der Waals surface area contributed by atoms with E-state index >= 15 is 0 Å². The summed E-state index contributed by atoms with van der Waals surface area (Å²) in [4.78, 5) is 15.3. The van der Waals surface area contributed by atoms with E-state index in [0.717, 1.165) is 22.6 Å². The molecule has 3 rings (SSSR count). The van der Waals surface area contributed by atoms with Crippen molar-refractivity contribution in [2.24, 2.45) is 10.7 Å². The van der Waals surface area contributed by atoms with Crippen LogP contribution in [0.2, 0.25) is 0 Å². The van der Waals surface area contributed by atoms with Crippen LogP contribution in [-0.4, -0.2) is 23.3 Å². The van der Waals surface area contributed by atoms with Crippen LogP contribution in [0.15, 0.2) is 53.5 Å². The molecule has 118 valence electrons. The Morgan fingerprint density at radius 3 is 2.78 bits per heavy atom. The van der Waals surface area contributed by atoms with Gasteiger partial charge in [-0.3, -0.25) is 9.79 Å². The normalized spacial score (nSPS) is 16.8. The number of carbonyl (C=O) groups is 1. The van der Waals surface area contributed by atoms with E-state index in [0.29, 0.717) is 13.0 Å². The molecule has 2 atom stereocenters. The van der Waals surface area contributed by atoms with Crippen LogP contribution in [0.25, 0.3) is 0 Å². The fraction of sp³-hybridized carbons (Fsp3) is 0.222. The Morgan fingerprint density at radius 1 is 1.26 bits per heavy atom. The number of nitrogens with two attached hydrogens (primary N) is 1. The Bertz CT molecular complexity index is 728. The van der Waals surface area contributed by atoms with Crippen molar-refractivity contribution in [1.29, 1.82) is 0 Å². The highest BCUT2D eigenvalue weighted by molar-refractivity contribution is 5.82. The summed E-state index contributed by atoms with van der Waals surface area (Å²) in [6.07, 6.45) is 2.09. The summed E-state index contributed by atoms with van der Waals surface area (Å²) >= 11 is 0. The molecule has 0 amide bonds. The Kier molecular flexibility index (Phi) is 4.39. The van der Waals surface area contributed by atoms with E-state index in [2.05, 4.69) is 4.99 Å². The van der Waals surface area contributed by atoms with Crippen molar-refractivity contribution >= 4 is 17.9 Å². The molecule has 0 aliphatic carbocycles. The van der Waals surface area contributed by atoms with Crippen molar-refractivity contribution in [1.82, 2.24) is 0 Å². The average Bonchev–Trinajstić information content (AvgIpc) is 2.96. The number of ether oxygens (including phenoxy) is 1. The number of hydrogen-bond donors (Lipinski definition) is 2. The molecule has 5 heteroatoms. The molecule has 0 spiro atoms. The first-order chi connectivity index (χ1) is 11.1. The van der Waals surface area contributed by atoms with Crippen LogP contribution in [0, 0.1) is 0 Å². The second-order valence-corrected chi connectivity index (χ2v) is 5.56. The fourth-order valence-corrected chi connectivity index (χ4v) is 2.59. The molecule has 1 heterocycles. The van der Waals surface area contributed by atoms with E-state index in [1.807, 2.05) is 48.5 Å². The van der Waals surface area contributed by atoms with E-state index in [1.54, 1.807) is 6.21 Å². The van der Waals surface area contributed by atoms with Gasteiger partial charge in [0.05, 0.1) is 5.69 Å². The zero-order valence-corrected chi connectivity index (χ0v) is 12.6. The molecular weight excluding hydrogens is 292 g/mol. The van der Waals surface area contributed by atoms with E-state index in [4.69, 9.17) is 15.6 Å². The van der Waals surface area contributed by atoms with Crippen molar-refractivity contribution in [3.63, 3.8) is 0 Å². The van der Waals surface area contributed by atoms with Gasteiger partial charge in [0.2, 0.25) is 0 Å². The van der Waals surface area contributed by atoms with Crippen LogP contribution in [0.5, 0.6) is 5.75 Å². The van der Waals surface area contributed by atoms with Crippen molar-refractivity contribution < 1.29 is 14.6 Å². The van der Waals surface area contributed by atoms with Gasteiger partial charge in [-0.2, -0.15) is 0 Å². The zero-order chi connectivity index (χ0) is 16.2. The number of benzene rings is 2. The lowest BCUT2D eigenvalue weighted by Crippen LogP contribution is -2.31. The maximum Gasteiger partial charge on any atom is 0.320 e. The van der Waals surface area contributed by atoms with Crippen LogP contribution >= 0.6 is 0 Å². The summed E-state index contributed by atoms with van der Waals surface area (Å²) < 4.78 is 5.81. The first kappa shape index (κ1) is 15.2. The van der Waals surface area contributed by atoms with Crippen LogP contribution in [0.3, 0.4) is 0 Å². The SMILES string of the molecule is N[C@@H](C[C@@H]1C=Nc2ccc(OCc3ccccc3)cc21)C(=O)O. The number of carboxylic acids is 1. The number of rotatable bonds is 6. The fourth-order valence-electron chi connectivity index (χ4n) is 2.59. The predicted molar refractivity (Wildman–Crippen MR) is 88.3 cm³/mol. The van der Waals surface area contributed by atoms with Gasteiger partial charge in [-0.1, -0.05) is 30.3 Å². The number of hydrogen-bond acceptors (Lipinski definition) is 4. The summed E-state index contributed by atoms with van der Waals surface area (Å²) in [5, 5.41) is 8.96. The molecule has 0 saturated carbocycles. The summed E-state index contributed by atoms with van der Waals surface area (Å²) in [6.45, 7) is 0.486. The van der Waals surface area contributed by atoms with Crippen LogP contribution < -0.4 is 10.5 Å². The molecule has 5 nitrogen and oxygen atoms in total. The lowest BCUT2D eigenvalue weighted by molar-refractivity contribution is -0.138. The van der Waals surface area contributed by atoms with Crippen molar-refractivity contribution in [3.05, 3.63) is 59.7 Å². The Balaban J connectivity index is 1.70. The number of aliphatic carboxylic acids is 1. The highest BCUT2D eigenvalue weighted by atomic mass is 16.5. The van der Waals surface area contributed by atoms with E-state index in [1.165, 1.54) is 0 Å². The quantitative estimate of drug-likeness (QED) is 0.859. The van der Waals surface area contributed by atoms with E-state index < -0.39 is 12.0 Å². The molecule has 0 aromatic heterocycles. The average molecular weight is 310 g/mol. The van der Waals surface area contributed by atoms with Gasteiger partial charge < -0.3 is 15.6 Å². The summed E-state index contributed by atoms with van der Waals surface area (Å²) in [6, 6.07) is 14.7. The lowest BCUT2D eigenvalue weighted by atomic mass is 9.94. The van der Waals surface area contributed by atoms with Crippen LogP contribution in [-0.2, 0) is 11.4 Å². The minimum absolute atomic E-state index is 0.0867. The van der Waals surface area contributed by atoms with Crippen molar-refractivity contribution in [2.75, 3.05) is 0 Å². The predicted octanol–water partition coefficient (Wildman–Crippen LogP) is 2.87. The topological polar surface area (TPSA) is 84.9 Å². The van der Waals surface area contributed by atoms with Gasteiger partial charge in [-0.05, 0) is 35.7 Å². The molecule has 2 aromatic carbocycles. The van der Waals surface area contributed by atoms with Crippen LogP contribution in [0.4, 0.5) is 5.69 Å². The zero-order valence-electron chi connectivity index (χ0n) is 12.6. The molecule has 0 fully saturated rings. The third-order valence-corrected chi connectivity index (χ3v) is 3.87. The Morgan fingerprint density at radius 2 is 2.04 bits per heavy atom. The summed E-state index contributed by atoms with van der Waals surface area (Å²) in [7, 11) is 0. The monoisotopic (exact) mass is 310 g/mol. The standard InChI is InChI=1S/C18H18N2O3/c19-16(18(21)22)8-13-10-20-17-7-6-14(9-15(13)17)23-11-12-4-2-1-3-5-12/h1-7,9-10,13,16H,8,11,19H2,(H,21,22)/t13-,16+/m1/s1. The summed E-state index contributed by atoms with van der Waals surface area (Å²) in [5.41, 5.74) is 8.54. The Hall–Kier alpha value is -2.66. The van der Waals surface area contributed by atoms with Gasteiger partial charge in [0.15, 0.2) is 0 Å². The third-order valence-electron chi connectivity index (χ3n) is 3.87. The molecule has 0 unspecified atom stereocenters. The Labute approximate surface area is 134 Å². The largest absolute Gasteiger partial charge is 0.489 e. The molecule has 3 N–H and O–H groups in total. The molecule has 23 heavy (non-hydrogen) atoms. The first-order valence-corrected chi connectivity index (χ1v) is 7.47. The second-order valence-electron chi connectivity index (χ2n) is 5.56. The van der Waals surface area contributed by atoms with Gasteiger partial charge in [0.25, 0.3) is 0 Å². The number of nitrogens with zero attached hydrogens (tertiary/aromatic N) is 1. The molecule has 2 aromatic rings. The van der Waals surface area contributed by atoms with Gasteiger partial charge in [0, 0.05) is 12.1 Å². The third kappa shape index (κ3) is 3.57. The summed E-state index contributed by atoms with van der Waals surface area (Å²) in [5.74, 6) is -0.341. The van der Waals surface area contributed by atoms with Gasteiger partial charge in [-0.25, -0.2) is 0 Å². The minimum Gasteiger partial charge on any atom is -0.489 e. The maximum absolute atomic E-state index is 10.9. The smallest absolute Gasteiger partial charge is 0.320 e. The highest BCUT2D eigenvalue weighted by Crippen LogP contribution is 2.37. The molecular formula is C18H18N2O3. The molecule has 0 saturated heterocycles. The number of carboxylic acid groups (broad SMARTS) is 1. The maximum atomic E-state index is 10.9. The van der Waals surface area contributed by atoms with Gasteiger partial charge in [-0.15, -0.1) is 0 Å². The second kappa shape index (κ2) is 6.62. The lowest BCUT2D eigenvalue weighted by Gasteiger charge is -2.14. The first-order valence-electron chi connectivity index (χ1n) is 7.47. The number of fused-ring (bicyclic) bond motifs is 1. The van der Waals surface area contributed by atoms with Gasteiger partial charge >= 0.3 is 5.97 Å².